The molecule has 2 atom stereocenters. The SMILES string of the molecule is O=C(Cc1cnsn1)N[C@@H]1C(=O)N2C(C(=O)O)=C(Sc3ncn[nH]3)CS[C@H]12. The van der Waals surface area contributed by atoms with E-state index >= 15 is 0 Å². The number of hydrogen-bond donors (Lipinski definition) is 3. The molecule has 11 nitrogen and oxygen atoms in total. The molecule has 2 aliphatic rings. The number of carboxylic acids is 1. The van der Waals surface area contributed by atoms with Crippen molar-refractivity contribution < 1.29 is 19.5 Å². The Labute approximate surface area is 164 Å². The Balaban J connectivity index is 1.48. The number of aromatic nitrogens is 5. The van der Waals surface area contributed by atoms with Crippen molar-refractivity contribution in [2.75, 3.05) is 5.75 Å². The molecule has 2 aromatic rings. The van der Waals surface area contributed by atoms with Crippen LogP contribution in [-0.2, 0) is 20.8 Å². The summed E-state index contributed by atoms with van der Waals surface area (Å²) in [6.07, 6.45) is 2.83. The Morgan fingerprint density at radius 3 is 3.00 bits per heavy atom. The van der Waals surface area contributed by atoms with Crippen molar-refractivity contribution in [2.24, 2.45) is 0 Å². The molecule has 140 valence electrons. The minimum absolute atomic E-state index is 0.0197. The molecular weight excluding hydrogens is 414 g/mol. The minimum Gasteiger partial charge on any atom is -0.477 e. The summed E-state index contributed by atoms with van der Waals surface area (Å²) in [6.45, 7) is 0. The van der Waals surface area contributed by atoms with Crippen molar-refractivity contribution in [3.8, 4) is 0 Å². The van der Waals surface area contributed by atoms with E-state index in [9.17, 15) is 19.5 Å². The zero-order chi connectivity index (χ0) is 19.0. The highest BCUT2D eigenvalue weighted by Crippen LogP contribution is 2.44. The molecule has 1 fully saturated rings. The highest BCUT2D eigenvalue weighted by Gasteiger charge is 2.54. The standard InChI is InChI=1S/C13H11N7O4S3/c21-7(1-5-2-16-27-19-5)17-8-10(22)20-9(12(23)24)6(3-25-11(8)20)26-13-14-4-15-18-13/h2,4,8,11H,1,3H2,(H,17,21)(H,23,24)(H,14,15,18)/t8-,11-/m1/s1. The highest BCUT2D eigenvalue weighted by atomic mass is 32.2. The molecule has 2 amide bonds. The fourth-order valence-electron chi connectivity index (χ4n) is 2.68. The van der Waals surface area contributed by atoms with Gasteiger partial charge in [-0.15, -0.1) is 11.8 Å². The first-order valence-electron chi connectivity index (χ1n) is 7.54. The summed E-state index contributed by atoms with van der Waals surface area (Å²) in [5, 5.41) is 18.6. The van der Waals surface area contributed by atoms with E-state index in [4.69, 9.17) is 0 Å². The number of carbonyl (C=O) groups is 3. The lowest BCUT2D eigenvalue weighted by molar-refractivity contribution is -0.150. The first-order chi connectivity index (χ1) is 13.0. The monoisotopic (exact) mass is 425 g/mol. The van der Waals surface area contributed by atoms with Gasteiger partial charge in [-0.2, -0.15) is 13.8 Å². The van der Waals surface area contributed by atoms with E-state index < -0.39 is 23.3 Å². The Hall–Kier alpha value is -2.45. The largest absolute Gasteiger partial charge is 0.477 e. The number of thioether (sulfide) groups is 2. The molecule has 3 N–H and O–H groups in total. The van der Waals surface area contributed by atoms with E-state index in [1.165, 1.54) is 29.2 Å². The highest BCUT2D eigenvalue weighted by molar-refractivity contribution is 8.06. The molecule has 0 bridgehead atoms. The molecule has 0 aromatic carbocycles. The first kappa shape index (κ1) is 17.9. The second-order valence-electron chi connectivity index (χ2n) is 5.50. The van der Waals surface area contributed by atoms with Gasteiger partial charge in [-0.1, -0.05) is 11.8 Å². The Bertz CT molecular complexity index is 915. The third-order valence-corrected chi connectivity index (χ3v) is 6.77. The summed E-state index contributed by atoms with van der Waals surface area (Å²) in [5.74, 6) is -1.63. The number of H-pyrrole nitrogens is 1. The maximum Gasteiger partial charge on any atom is 0.353 e. The van der Waals surface area contributed by atoms with E-state index in [2.05, 4.69) is 29.2 Å². The molecule has 0 unspecified atom stereocenters. The van der Waals surface area contributed by atoms with Gasteiger partial charge in [0.25, 0.3) is 5.91 Å². The Morgan fingerprint density at radius 1 is 1.48 bits per heavy atom. The number of carbonyl (C=O) groups excluding carboxylic acids is 2. The van der Waals surface area contributed by atoms with Crippen LogP contribution in [-0.4, -0.2) is 68.9 Å². The molecule has 1 saturated heterocycles. The number of nitrogens with zero attached hydrogens (tertiary/aromatic N) is 5. The predicted octanol–water partition coefficient (Wildman–Crippen LogP) is -0.313. The molecule has 0 saturated carbocycles. The molecule has 14 heteroatoms. The zero-order valence-electron chi connectivity index (χ0n) is 13.4. The molecule has 2 aromatic heterocycles. The van der Waals surface area contributed by atoms with Gasteiger partial charge >= 0.3 is 5.97 Å². The van der Waals surface area contributed by atoms with Crippen LogP contribution in [0.5, 0.6) is 0 Å². The van der Waals surface area contributed by atoms with Crippen LogP contribution in [0.3, 0.4) is 0 Å². The van der Waals surface area contributed by atoms with E-state index in [-0.39, 0.29) is 18.0 Å². The smallest absolute Gasteiger partial charge is 0.353 e. The lowest BCUT2D eigenvalue weighted by atomic mass is 10.0. The zero-order valence-corrected chi connectivity index (χ0v) is 15.8. The second kappa shape index (κ2) is 7.28. The van der Waals surface area contributed by atoms with Gasteiger partial charge in [-0.05, 0) is 0 Å². The number of fused-ring (bicyclic) bond motifs is 1. The molecule has 0 spiro atoms. The van der Waals surface area contributed by atoms with Crippen LogP contribution in [0.1, 0.15) is 5.69 Å². The number of rotatable bonds is 6. The molecule has 2 aliphatic heterocycles. The van der Waals surface area contributed by atoms with Gasteiger partial charge in [0, 0.05) is 10.7 Å². The number of amides is 2. The number of carboxylic acid groups (broad SMARTS) is 1. The molecular formula is C13H11N7O4S3. The number of aliphatic carboxylic acids is 1. The number of aromatic amines is 1. The summed E-state index contributed by atoms with van der Waals surface area (Å²) in [7, 11) is 0. The van der Waals surface area contributed by atoms with Crippen molar-refractivity contribution in [1.82, 2.24) is 34.1 Å². The Kier molecular flexibility index (Phi) is 4.84. The van der Waals surface area contributed by atoms with Crippen molar-refractivity contribution in [3.63, 3.8) is 0 Å². The summed E-state index contributed by atoms with van der Waals surface area (Å²) in [5.41, 5.74) is 0.439. The molecule has 0 radical (unpaired) electrons. The lowest BCUT2D eigenvalue weighted by Crippen LogP contribution is -2.70. The van der Waals surface area contributed by atoms with Gasteiger partial charge in [0.05, 0.1) is 30.0 Å². The van der Waals surface area contributed by atoms with Gasteiger partial charge in [0.2, 0.25) is 5.91 Å². The van der Waals surface area contributed by atoms with Crippen LogP contribution in [0, 0.1) is 0 Å². The normalized spacial score (nSPS) is 21.6. The maximum absolute atomic E-state index is 12.5. The van der Waals surface area contributed by atoms with Gasteiger partial charge in [0.1, 0.15) is 23.4 Å². The quantitative estimate of drug-likeness (QED) is 0.525. The van der Waals surface area contributed by atoms with Crippen LogP contribution in [0.2, 0.25) is 0 Å². The van der Waals surface area contributed by atoms with Gasteiger partial charge < -0.3 is 10.4 Å². The van der Waals surface area contributed by atoms with Gasteiger partial charge in [-0.25, -0.2) is 9.78 Å². The topological polar surface area (TPSA) is 154 Å². The van der Waals surface area contributed by atoms with Crippen LogP contribution in [0.25, 0.3) is 0 Å². The maximum atomic E-state index is 12.5. The fourth-order valence-corrected chi connectivity index (χ4v) is 5.46. The van der Waals surface area contributed by atoms with Crippen LogP contribution in [0.4, 0.5) is 0 Å². The summed E-state index contributed by atoms with van der Waals surface area (Å²) in [4.78, 5) is 42.1. The van der Waals surface area contributed by atoms with Crippen molar-refractivity contribution in [3.05, 3.63) is 28.8 Å². The molecule has 4 heterocycles. The average molecular weight is 425 g/mol. The second-order valence-corrected chi connectivity index (χ2v) is 8.25. The van der Waals surface area contributed by atoms with Crippen molar-refractivity contribution >= 4 is 53.0 Å². The van der Waals surface area contributed by atoms with E-state index in [0.29, 0.717) is 21.5 Å². The van der Waals surface area contributed by atoms with Gasteiger partial charge in [0.15, 0.2) is 5.16 Å². The third kappa shape index (κ3) is 3.42. The number of nitrogens with one attached hydrogen (secondary N) is 2. The number of hydrogen-bond acceptors (Lipinski definition) is 10. The lowest BCUT2D eigenvalue weighted by Gasteiger charge is -2.49. The molecule has 27 heavy (non-hydrogen) atoms. The van der Waals surface area contributed by atoms with Crippen LogP contribution in [0.15, 0.2) is 28.3 Å². The van der Waals surface area contributed by atoms with E-state index in [1.54, 1.807) is 0 Å². The predicted molar refractivity (Wildman–Crippen MR) is 95.5 cm³/mol. The fraction of sp³-hybridized carbons (Fsp3) is 0.308. The van der Waals surface area contributed by atoms with E-state index in [1.807, 2.05) is 0 Å². The number of β-lactam (4-membered cyclic amide) rings is 1. The summed E-state index contributed by atoms with van der Waals surface area (Å²) in [6, 6.07) is -0.764. The molecule has 4 rings (SSSR count). The summed E-state index contributed by atoms with van der Waals surface area (Å²) >= 11 is 3.51. The van der Waals surface area contributed by atoms with Crippen molar-refractivity contribution in [2.45, 2.75) is 23.0 Å². The summed E-state index contributed by atoms with van der Waals surface area (Å²) < 4.78 is 7.78. The minimum atomic E-state index is -1.20. The average Bonchev–Trinajstić information content (AvgIpc) is 3.33. The van der Waals surface area contributed by atoms with Gasteiger partial charge in [-0.3, -0.25) is 19.6 Å². The Morgan fingerprint density at radius 2 is 2.33 bits per heavy atom. The van der Waals surface area contributed by atoms with Crippen LogP contribution < -0.4 is 5.32 Å². The van der Waals surface area contributed by atoms with E-state index in [0.717, 1.165) is 23.5 Å². The van der Waals surface area contributed by atoms with Crippen LogP contribution >= 0.6 is 35.3 Å². The van der Waals surface area contributed by atoms with Crippen molar-refractivity contribution in [1.29, 1.82) is 0 Å². The third-order valence-electron chi connectivity index (χ3n) is 3.81. The first-order valence-corrected chi connectivity index (χ1v) is 10.1. The molecule has 0 aliphatic carbocycles.